The molecule has 1 aliphatic rings. The first-order valence-corrected chi connectivity index (χ1v) is 26.3. The van der Waals surface area contributed by atoms with E-state index in [1.54, 1.807) is 0 Å². The molecule has 0 N–H and O–H groups in total. The first kappa shape index (κ1) is 46.6. The number of anilines is 5. The van der Waals surface area contributed by atoms with E-state index in [0.717, 1.165) is 34.9 Å². The number of benzene rings is 11. The zero-order chi connectivity index (χ0) is 50.7. The molecule has 0 spiro atoms. The predicted octanol–water partition coefficient (Wildman–Crippen LogP) is 20.4. The van der Waals surface area contributed by atoms with Gasteiger partial charge in [-0.25, -0.2) is 0 Å². The van der Waals surface area contributed by atoms with Gasteiger partial charge in [0.05, 0.1) is 11.4 Å². The van der Waals surface area contributed by atoms with Crippen LogP contribution in [-0.4, -0.2) is 0 Å². The van der Waals surface area contributed by atoms with Crippen LogP contribution >= 0.6 is 0 Å². The van der Waals surface area contributed by atoms with Crippen LogP contribution in [0.25, 0.3) is 65.7 Å². The van der Waals surface area contributed by atoms with Crippen LogP contribution in [0.4, 0.5) is 28.4 Å². The molecule has 1 unspecified atom stereocenters. The Balaban J connectivity index is 1.22. The van der Waals surface area contributed by atoms with E-state index in [1.807, 2.05) is 0 Å². The quantitative estimate of drug-likeness (QED) is 0.126. The van der Waals surface area contributed by atoms with Crippen molar-refractivity contribution < 1.29 is 0 Å². The van der Waals surface area contributed by atoms with Crippen molar-refractivity contribution in [2.45, 2.75) is 66.2 Å². The summed E-state index contributed by atoms with van der Waals surface area (Å²) in [5, 5.41) is 7.49. The average molecular weight is 955 g/mol. The second-order valence-corrected chi connectivity index (χ2v) is 21.5. The van der Waals surface area contributed by atoms with Gasteiger partial charge in [-0.1, -0.05) is 215 Å². The van der Waals surface area contributed by atoms with E-state index in [2.05, 4.69) is 289 Å². The maximum absolute atomic E-state index is 2.59. The fourth-order valence-electron chi connectivity index (χ4n) is 11.6. The van der Waals surface area contributed by atoms with Crippen molar-refractivity contribution >= 4 is 60.8 Å². The molecule has 12 rings (SSSR count). The molecule has 0 saturated heterocycles. The molecule has 11 aromatic rings. The molecule has 1 aliphatic carbocycles. The van der Waals surface area contributed by atoms with Crippen LogP contribution in [0.2, 0.25) is 0 Å². The second-order valence-electron chi connectivity index (χ2n) is 21.5. The highest BCUT2D eigenvalue weighted by Gasteiger charge is 2.29. The summed E-state index contributed by atoms with van der Waals surface area (Å²) in [6, 6.07) is 81.6. The van der Waals surface area contributed by atoms with Crippen molar-refractivity contribution in [2.24, 2.45) is 0 Å². The Morgan fingerprint density at radius 3 is 1.57 bits per heavy atom. The lowest BCUT2D eigenvalue weighted by atomic mass is 9.83. The molecule has 2 nitrogen and oxygen atoms in total. The number of hydrogen-bond donors (Lipinski definition) is 0. The summed E-state index contributed by atoms with van der Waals surface area (Å²) in [6.07, 6.45) is 5.96. The Kier molecular flexibility index (Phi) is 11.9. The number of nitrogens with zero attached hydrogens (tertiary/aromatic N) is 2. The van der Waals surface area contributed by atoms with Crippen LogP contribution in [0.3, 0.4) is 0 Å². The maximum atomic E-state index is 2.59. The fourth-order valence-corrected chi connectivity index (χ4v) is 11.6. The molecule has 0 radical (unpaired) electrons. The van der Waals surface area contributed by atoms with Crippen LogP contribution in [0, 0.1) is 20.8 Å². The Morgan fingerprint density at radius 2 is 0.959 bits per heavy atom. The van der Waals surface area contributed by atoms with Gasteiger partial charge in [0.2, 0.25) is 0 Å². The van der Waals surface area contributed by atoms with Gasteiger partial charge in [0.1, 0.15) is 0 Å². The van der Waals surface area contributed by atoms with E-state index in [-0.39, 0.29) is 11.3 Å². The smallest absolute Gasteiger partial charge is 0.0561 e. The molecule has 0 fully saturated rings. The summed E-state index contributed by atoms with van der Waals surface area (Å²) in [5.74, 6) is 0.203. The van der Waals surface area contributed by atoms with Crippen molar-refractivity contribution in [3.63, 3.8) is 0 Å². The predicted molar refractivity (Wildman–Crippen MR) is 318 cm³/mol. The molecule has 0 amide bonds. The van der Waals surface area contributed by atoms with Crippen LogP contribution in [0.5, 0.6) is 0 Å². The van der Waals surface area contributed by atoms with Gasteiger partial charge in [0.25, 0.3) is 0 Å². The molecule has 0 heterocycles. The molecule has 0 aliphatic heterocycles. The highest BCUT2D eigenvalue weighted by atomic mass is 15.2. The summed E-state index contributed by atoms with van der Waals surface area (Å²) in [4.78, 5) is 5.15. The van der Waals surface area contributed by atoms with Crippen molar-refractivity contribution in [2.75, 3.05) is 9.80 Å². The van der Waals surface area contributed by atoms with Gasteiger partial charge in [0.15, 0.2) is 0 Å². The van der Waals surface area contributed by atoms with Crippen molar-refractivity contribution in [1.82, 2.24) is 0 Å². The van der Waals surface area contributed by atoms with Gasteiger partial charge in [0, 0.05) is 44.8 Å². The highest BCUT2D eigenvalue weighted by molar-refractivity contribution is 6.29. The van der Waals surface area contributed by atoms with Crippen LogP contribution in [0.15, 0.2) is 242 Å². The molecule has 0 aromatic heterocycles. The zero-order valence-corrected chi connectivity index (χ0v) is 43.6. The first-order chi connectivity index (χ1) is 36.0. The lowest BCUT2D eigenvalue weighted by Crippen LogP contribution is -2.22. The monoisotopic (exact) mass is 954 g/mol. The SMILES string of the molecule is CC1=CCC(c2ccccc2C)C=C1N(c1cccc(-c2ccccc2)c1)c1cc(N(c2cccc(-c3ccccc3)c2)c2cc(-c3ccccc3C)ccc2C)c2ccc3cc(C(C)(C)C)cc4ccc1c2c43. The van der Waals surface area contributed by atoms with Gasteiger partial charge < -0.3 is 9.80 Å². The van der Waals surface area contributed by atoms with Gasteiger partial charge in [-0.05, 0) is 159 Å². The van der Waals surface area contributed by atoms with Gasteiger partial charge >= 0.3 is 0 Å². The molecular weight excluding hydrogens is 893 g/mol. The lowest BCUT2D eigenvalue weighted by molar-refractivity contribution is 0.591. The molecule has 11 aromatic carbocycles. The molecule has 1 atom stereocenters. The zero-order valence-electron chi connectivity index (χ0n) is 43.6. The number of hydrogen-bond acceptors (Lipinski definition) is 2. The lowest BCUT2D eigenvalue weighted by Gasteiger charge is -2.36. The van der Waals surface area contributed by atoms with Gasteiger partial charge in [-0.15, -0.1) is 0 Å². The van der Waals surface area contributed by atoms with E-state index >= 15 is 0 Å². The Hall–Kier alpha value is -8.46. The molecule has 2 heteroatoms. The molecule has 0 saturated carbocycles. The Morgan fingerprint density at radius 1 is 0.405 bits per heavy atom. The third-order valence-corrected chi connectivity index (χ3v) is 15.6. The summed E-state index contributed by atoms with van der Waals surface area (Å²) < 4.78 is 0. The first-order valence-electron chi connectivity index (χ1n) is 26.3. The van der Waals surface area contributed by atoms with Crippen molar-refractivity contribution in [1.29, 1.82) is 0 Å². The van der Waals surface area contributed by atoms with E-state index in [1.165, 1.54) is 105 Å². The fraction of sp³-hybridized carbons (Fsp3) is 0.139. The molecular formula is C72H62N2. The van der Waals surface area contributed by atoms with Crippen LogP contribution < -0.4 is 9.80 Å². The topological polar surface area (TPSA) is 6.48 Å². The van der Waals surface area contributed by atoms with Crippen molar-refractivity contribution in [3.05, 3.63) is 270 Å². The molecule has 74 heavy (non-hydrogen) atoms. The molecule has 0 bridgehead atoms. The highest BCUT2D eigenvalue weighted by Crippen LogP contribution is 2.52. The van der Waals surface area contributed by atoms with E-state index in [4.69, 9.17) is 0 Å². The normalized spacial score (nSPS) is 13.9. The summed E-state index contributed by atoms with van der Waals surface area (Å²) >= 11 is 0. The van der Waals surface area contributed by atoms with Crippen LogP contribution in [0.1, 0.15) is 67.9 Å². The third-order valence-electron chi connectivity index (χ3n) is 15.6. The Labute approximate surface area is 437 Å². The second kappa shape index (κ2) is 18.9. The minimum absolute atomic E-state index is 0.0213. The summed E-state index contributed by atoms with van der Waals surface area (Å²) in [5.41, 5.74) is 21.6. The van der Waals surface area contributed by atoms with Gasteiger partial charge in [-0.3, -0.25) is 0 Å². The standard InChI is InChI=1S/C72H62N2/c1-47-20-14-16-30-62(47)55-34-32-49(3)66(44-55)73(60-28-18-26-53(42-60)51-22-10-8-11-23-51)68-46-69(65-39-37-58-41-59(72(5,6)7)40-57-36-38-64(68)71(65)70(57)58)74(61-29-19-27-54(43-61)52-24-12-9-13-25-52)67-45-56(35-33-50(67)4)63-31-17-15-21-48(63)2/h8-34,36-46,56H,35H2,1-7H3. The third kappa shape index (κ3) is 8.45. The molecule has 360 valence electrons. The van der Waals surface area contributed by atoms with E-state index < -0.39 is 0 Å². The minimum Gasteiger partial charge on any atom is -0.310 e. The van der Waals surface area contributed by atoms with Crippen molar-refractivity contribution in [3.8, 4) is 33.4 Å². The number of rotatable bonds is 10. The Bertz CT molecular complexity index is 3940. The largest absolute Gasteiger partial charge is 0.310 e. The average Bonchev–Trinajstić information content (AvgIpc) is 3.42. The number of allylic oxidation sites excluding steroid dienone is 3. The van der Waals surface area contributed by atoms with Gasteiger partial charge in [-0.2, -0.15) is 0 Å². The minimum atomic E-state index is -0.0213. The summed E-state index contributed by atoms with van der Waals surface area (Å²) in [7, 11) is 0. The maximum Gasteiger partial charge on any atom is 0.0561 e. The van der Waals surface area contributed by atoms with Crippen LogP contribution in [-0.2, 0) is 5.41 Å². The summed E-state index contributed by atoms with van der Waals surface area (Å²) in [6.45, 7) is 16.0. The van der Waals surface area contributed by atoms with E-state index in [9.17, 15) is 0 Å². The number of aryl methyl sites for hydroxylation is 3. The van der Waals surface area contributed by atoms with E-state index in [0.29, 0.717) is 0 Å².